The van der Waals surface area contributed by atoms with Crippen molar-refractivity contribution in [3.05, 3.63) is 0 Å². The van der Waals surface area contributed by atoms with Crippen LogP contribution in [0.2, 0.25) is 0 Å². The Hall–Kier alpha value is -0.850. The molecular weight excluding hydrogens is 246 g/mol. The van der Waals surface area contributed by atoms with Crippen molar-refractivity contribution in [3.8, 4) is 0 Å². The van der Waals surface area contributed by atoms with Crippen LogP contribution in [0.3, 0.4) is 0 Å². The highest BCUT2D eigenvalue weighted by atomic mass is 16.6. The number of ether oxygens (including phenoxy) is 2. The van der Waals surface area contributed by atoms with Crippen LogP contribution in [0, 0.1) is 0 Å². The second-order valence-corrected chi connectivity index (χ2v) is 6.37. The molecule has 2 aliphatic heterocycles. The second-order valence-electron chi connectivity index (χ2n) is 6.37. The SMILES string of the molecule is CC(C)(C)OC(=O)N1CCN2CCOCC2(CN)C1. The van der Waals surface area contributed by atoms with Gasteiger partial charge in [-0.15, -0.1) is 0 Å². The Morgan fingerprint density at radius 3 is 2.74 bits per heavy atom. The maximum atomic E-state index is 12.1. The average molecular weight is 271 g/mol. The van der Waals surface area contributed by atoms with E-state index in [0.29, 0.717) is 26.2 Å². The smallest absolute Gasteiger partial charge is 0.410 e. The minimum atomic E-state index is -0.465. The average Bonchev–Trinajstić information content (AvgIpc) is 2.36. The molecule has 1 atom stereocenters. The van der Waals surface area contributed by atoms with Crippen LogP contribution in [0.25, 0.3) is 0 Å². The predicted molar refractivity (Wildman–Crippen MR) is 72.0 cm³/mol. The zero-order valence-corrected chi connectivity index (χ0v) is 12.1. The van der Waals surface area contributed by atoms with Crippen molar-refractivity contribution in [1.29, 1.82) is 0 Å². The summed E-state index contributed by atoms with van der Waals surface area (Å²) >= 11 is 0. The fourth-order valence-electron chi connectivity index (χ4n) is 2.67. The molecule has 0 radical (unpaired) electrons. The van der Waals surface area contributed by atoms with Crippen molar-refractivity contribution in [2.75, 3.05) is 45.9 Å². The molecule has 1 unspecified atom stereocenters. The van der Waals surface area contributed by atoms with Crippen LogP contribution in [0.15, 0.2) is 0 Å². The number of nitrogens with two attached hydrogens (primary N) is 1. The fraction of sp³-hybridized carbons (Fsp3) is 0.923. The molecular formula is C13H25N3O3. The van der Waals surface area contributed by atoms with Crippen molar-refractivity contribution in [1.82, 2.24) is 9.80 Å². The van der Waals surface area contributed by atoms with Gasteiger partial charge in [0.2, 0.25) is 0 Å². The molecule has 2 heterocycles. The molecule has 0 aliphatic carbocycles. The van der Waals surface area contributed by atoms with Crippen LogP contribution in [-0.2, 0) is 9.47 Å². The fourth-order valence-corrected chi connectivity index (χ4v) is 2.67. The summed E-state index contributed by atoms with van der Waals surface area (Å²) in [5, 5.41) is 0. The number of amides is 1. The van der Waals surface area contributed by atoms with Crippen molar-refractivity contribution < 1.29 is 14.3 Å². The van der Waals surface area contributed by atoms with Crippen molar-refractivity contribution in [3.63, 3.8) is 0 Å². The van der Waals surface area contributed by atoms with Gasteiger partial charge in [-0.05, 0) is 20.8 Å². The third kappa shape index (κ3) is 3.19. The van der Waals surface area contributed by atoms with E-state index < -0.39 is 5.60 Å². The predicted octanol–water partition coefficient (Wildman–Crippen LogP) is 0.267. The summed E-state index contributed by atoms with van der Waals surface area (Å²) in [7, 11) is 0. The zero-order chi connectivity index (χ0) is 14.1. The van der Waals surface area contributed by atoms with E-state index in [2.05, 4.69) is 4.90 Å². The molecule has 0 saturated carbocycles. The van der Waals surface area contributed by atoms with Gasteiger partial charge in [-0.25, -0.2) is 4.79 Å². The number of hydrogen-bond acceptors (Lipinski definition) is 5. The Balaban J connectivity index is 2.04. The number of fused-ring (bicyclic) bond motifs is 1. The third-order valence-electron chi connectivity index (χ3n) is 3.70. The molecule has 0 aromatic carbocycles. The molecule has 2 aliphatic rings. The number of carbonyl (C=O) groups excluding carboxylic acids is 1. The second kappa shape index (κ2) is 5.26. The maximum Gasteiger partial charge on any atom is 0.410 e. The van der Waals surface area contributed by atoms with E-state index in [4.69, 9.17) is 15.2 Å². The van der Waals surface area contributed by atoms with E-state index in [-0.39, 0.29) is 11.6 Å². The van der Waals surface area contributed by atoms with Gasteiger partial charge in [0.1, 0.15) is 5.60 Å². The Kier molecular flexibility index (Phi) is 4.03. The number of rotatable bonds is 1. The summed E-state index contributed by atoms with van der Waals surface area (Å²) in [6, 6.07) is 0. The minimum absolute atomic E-state index is 0.243. The standard InChI is InChI=1S/C13H25N3O3/c1-12(2,3)19-11(17)15-4-5-16-6-7-18-10-13(16,8-14)9-15/h4-10,14H2,1-3H3. The molecule has 2 rings (SSSR count). The van der Waals surface area contributed by atoms with Crippen molar-refractivity contribution in [2.45, 2.75) is 31.9 Å². The molecule has 1 amide bonds. The minimum Gasteiger partial charge on any atom is -0.444 e. The Morgan fingerprint density at radius 1 is 1.37 bits per heavy atom. The number of carbonyl (C=O) groups is 1. The Bertz CT molecular complexity index is 343. The summed E-state index contributed by atoms with van der Waals surface area (Å²) in [6.07, 6.45) is -0.259. The van der Waals surface area contributed by atoms with E-state index in [1.54, 1.807) is 4.90 Å². The lowest BCUT2D eigenvalue weighted by atomic mass is 9.93. The van der Waals surface area contributed by atoms with Crippen LogP contribution in [-0.4, -0.2) is 73.0 Å². The van der Waals surface area contributed by atoms with Gasteiger partial charge in [0.15, 0.2) is 0 Å². The molecule has 2 N–H and O–H groups in total. The molecule has 6 nitrogen and oxygen atoms in total. The largest absolute Gasteiger partial charge is 0.444 e. The van der Waals surface area contributed by atoms with Gasteiger partial charge in [-0.3, -0.25) is 4.90 Å². The summed E-state index contributed by atoms with van der Waals surface area (Å²) in [5.41, 5.74) is 5.23. The van der Waals surface area contributed by atoms with E-state index in [9.17, 15) is 4.79 Å². The van der Waals surface area contributed by atoms with Crippen LogP contribution >= 0.6 is 0 Å². The van der Waals surface area contributed by atoms with Gasteiger partial charge in [0.05, 0.1) is 18.8 Å². The van der Waals surface area contributed by atoms with E-state index >= 15 is 0 Å². The topological polar surface area (TPSA) is 68.0 Å². The van der Waals surface area contributed by atoms with Gasteiger partial charge in [-0.1, -0.05) is 0 Å². The first kappa shape index (κ1) is 14.6. The molecule has 0 spiro atoms. The first-order chi connectivity index (χ1) is 8.86. The van der Waals surface area contributed by atoms with Gasteiger partial charge >= 0.3 is 6.09 Å². The zero-order valence-electron chi connectivity index (χ0n) is 12.1. The van der Waals surface area contributed by atoms with Crippen LogP contribution in [0.1, 0.15) is 20.8 Å². The summed E-state index contributed by atoms with van der Waals surface area (Å²) in [4.78, 5) is 16.2. The highest BCUT2D eigenvalue weighted by Gasteiger charge is 2.44. The van der Waals surface area contributed by atoms with Crippen LogP contribution < -0.4 is 5.73 Å². The van der Waals surface area contributed by atoms with E-state index in [1.807, 2.05) is 20.8 Å². The van der Waals surface area contributed by atoms with Crippen LogP contribution in [0.4, 0.5) is 4.79 Å². The third-order valence-corrected chi connectivity index (χ3v) is 3.70. The van der Waals surface area contributed by atoms with Gasteiger partial charge in [0, 0.05) is 32.7 Å². The van der Waals surface area contributed by atoms with Crippen LogP contribution in [0.5, 0.6) is 0 Å². The maximum absolute atomic E-state index is 12.1. The molecule has 6 heteroatoms. The number of hydrogen-bond donors (Lipinski definition) is 1. The molecule has 0 bridgehead atoms. The molecule has 110 valence electrons. The number of nitrogens with zero attached hydrogens (tertiary/aromatic N) is 2. The molecule has 19 heavy (non-hydrogen) atoms. The lowest BCUT2D eigenvalue weighted by Gasteiger charge is -2.52. The lowest BCUT2D eigenvalue weighted by molar-refractivity contribution is -0.101. The van der Waals surface area contributed by atoms with Crippen molar-refractivity contribution >= 4 is 6.09 Å². The quantitative estimate of drug-likeness (QED) is 0.741. The van der Waals surface area contributed by atoms with E-state index in [1.165, 1.54) is 0 Å². The molecule has 0 aromatic rings. The molecule has 2 fully saturated rings. The highest BCUT2D eigenvalue weighted by Crippen LogP contribution is 2.25. The monoisotopic (exact) mass is 271 g/mol. The first-order valence-corrected chi connectivity index (χ1v) is 6.87. The molecule has 2 saturated heterocycles. The lowest BCUT2D eigenvalue weighted by Crippen LogP contribution is -2.70. The summed E-state index contributed by atoms with van der Waals surface area (Å²) in [6.45, 7) is 10.5. The van der Waals surface area contributed by atoms with Crippen molar-refractivity contribution in [2.24, 2.45) is 5.73 Å². The summed E-state index contributed by atoms with van der Waals surface area (Å²) < 4.78 is 11.0. The summed E-state index contributed by atoms with van der Waals surface area (Å²) in [5.74, 6) is 0. The number of morpholine rings is 1. The Morgan fingerprint density at radius 2 is 2.11 bits per heavy atom. The highest BCUT2D eigenvalue weighted by molar-refractivity contribution is 5.68. The normalized spacial score (nSPS) is 28.9. The van der Waals surface area contributed by atoms with Gasteiger partial charge in [-0.2, -0.15) is 0 Å². The van der Waals surface area contributed by atoms with E-state index in [0.717, 1.165) is 19.7 Å². The first-order valence-electron chi connectivity index (χ1n) is 6.87. The number of piperazine rings is 1. The van der Waals surface area contributed by atoms with Gasteiger partial charge in [0.25, 0.3) is 0 Å². The Labute approximate surface area is 114 Å². The molecule has 0 aromatic heterocycles. The van der Waals surface area contributed by atoms with Gasteiger partial charge < -0.3 is 20.1 Å².